The molecule has 14 heavy (non-hydrogen) atoms. The van der Waals surface area contributed by atoms with Gasteiger partial charge >= 0.3 is 5.97 Å². The van der Waals surface area contributed by atoms with Gasteiger partial charge < -0.3 is 4.74 Å². The van der Waals surface area contributed by atoms with Crippen molar-refractivity contribution in [2.24, 2.45) is 0 Å². The van der Waals surface area contributed by atoms with Gasteiger partial charge in [0.2, 0.25) is 0 Å². The highest BCUT2D eigenvalue weighted by Gasteiger charge is 2.41. The zero-order valence-electron chi connectivity index (χ0n) is 8.54. The van der Waals surface area contributed by atoms with Crippen LogP contribution in [0.3, 0.4) is 0 Å². The molecule has 2 heterocycles. The van der Waals surface area contributed by atoms with Crippen LogP contribution in [0.5, 0.6) is 0 Å². The van der Waals surface area contributed by atoms with Crippen LogP contribution in [-0.2, 0) is 9.53 Å². The number of hydrogen-bond donors (Lipinski definition) is 1. The van der Waals surface area contributed by atoms with E-state index in [1.165, 1.54) is 18.6 Å². The van der Waals surface area contributed by atoms with Crippen molar-refractivity contribution >= 4 is 17.7 Å². The van der Waals surface area contributed by atoms with E-state index in [4.69, 9.17) is 4.74 Å². The summed E-state index contributed by atoms with van der Waals surface area (Å²) in [5.41, 5.74) is -0.414. The van der Waals surface area contributed by atoms with Crippen LogP contribution in [0.2, 0.25) is 0 Å². The molecule has 2 atom stereocenters. The maximum Gasteiger partial charge on any atom is 0.326 e. The second-order valence-electron chi connectivity index (χ2n) is 4.28. The molecule has 2 aliphatic heterocycles. The van der Waals surface area contributed by atoms with Gasteiger partial charge in [0.25, 0.3) is 0 Å². The highest BCUT2D eigenvalue weighted by Crippen LogP contribution is 2.24. The van der Waals surface area contributed by atoms with E-state index in [9.17, 15) is 4.79 Å². The monoisotopic (exact) mass is 215 g/mol. The first-order valence-corrected chi connectivity index (χ1v) is 6.39. The highest BCUT2D eigenvalue weighted by atomic mass is 32.2. The van der Waals surface area contributed by atoms with E-state index in [0.717, 1.165) is 12.2 Å². The number of esters is 1. The fourth-order valence-electron chi connectivity index (χ4n) is 2.05. The Bertz CT molecular complexity index is 228. The van der Waals surface area contributed by atoms with Crippen molar-refractivity contribution < 1.29 is 9.53 Å². The second-order valence-corrected chi connectivity index (χ2v) is 5.43. The van der Waals surface area contributed by atoms with E-state index in [1.54, 1.807) is 0 Å². The van der Waals surface area contributed by atoms with Crippen molar-refractivity contribution in [3.05, 3.63) is 0 Å². The van der Waals surface area contributed by atoms with Gasteiger partial charge in [0.1, 0.15) is 5.54 Å². The van der Waals surface area contributed by atoms with Crippen molar-refractivity contribution in [2.45, 2.75) is 37.8 Å². The fraction of sp³-hybridized carbons (Fsp3) is 0.900. The number of carbonyl (C=O) groups excluding carboxylic acids is 1. The smallest absolute Gasteiger partial charge is 0.326 e. The molecule has 0 bridgehead atoms. The largest absolute Gasteiger partial charge is 0.464 e. The molecule has 0 aromatic carbocycles. The first-order valence-electron chi connectivity index (χ1n) is 5.23. The predicted molar refractivity (Wildman–Crippen MR) is 57.5 cm³/mol. The Morgan fingerprint density at radius 2 is 2.50 bits per heavy atom. The molecule has 0 aliphatic carbocycles. The van der Waals surface area contributed by atoms with Gasteiger partial charge in [-0.2, -0.15) is 11.8 Å². The molecule has 0 saturated carbocycles. The average Bonchev–Trinajstić information content (AvgIpc) is 2.48. The summed E-state index contributed by atoms with van der Waals surface area (Å²) in [5.74, 6) is 2.32. The summed E-state index contributed by atoms with van der Waals surface area (Å²) >= 11 is 1.97. The molecule has 1 N–H and O–H groups in total. The Morgan fingerprint density at radius 3 is 3.07 bits per heavy atom. The zero-order chi connectivity index (χ0) is 10.0. The summed E-state index contributed by atoms with van der Waals surface area (Å²) in [6, 6.07) is 0.490. The molecular weight excluding hydrogens is 198 g/mol. The van der Waals surface area contributed by atoms with E-state index in [-0.39, 0.29) is 5.97 Å². The van der Waals surface area contributed by atoms with E-state index in [0.29, 0.717) is 12.6 Å². The number of ether oxygens (including phenoxy) is 1. The van der Waals surface area contributed by atoms with Gasteiger partial charge in [-0.15, -0.1) is 0 Å². The summed E-state index contributed by atoms with van der Waals surface area (Å²) in [6.07, 6.45) is 3.26. The standard InChI is InChI=1S/C10H17NO2S/c1-10(4-5-13-9(10)12)11-8-3-2-6-14-7-8/h8,11H,2-7H2,1H3. The van der Waals surface area contributed by atoms with E-state index in [2.05, 4.69) is 5.32 Å². The minimum atomic E-state index is -0.414. The third-order valence-electron chi connectivity index (χ3n) is 2.97. The van der Waals surface area contributed by atoms with Gasteiger partial charge in [-0.05, 0) is 25.5 Å². The number of hydrogen-bond acceptors (Lipinski definition) is 4. The van der Waals surface area contributed by atoms with Gasteiger partial charge in [0, 0.05) is 18.2 Å². The Balaban J connectivity index is 1.91. The lowest BCUT2D eigenvalue weighted by molar-refractivity contribution is -0.143. The average molecular weight is 215 g/mol. The third kappa shape index (κ3) is 2.06. The highest BCUT2D eigenvalue weighted by molar-refractivity contribution is 7.99. The second kappa shape index (κ2) is 4.11. The normalized spacial score (nSPS) is 38.4. The molecule has 0 aromatic rings. The summed E-state index contributed by atoms with van der Waals surface area (Å²) in [4.78, 5) is 11.5. The molecule has 4 heteroatoms. The number of thioether (sulfide) groups is 1. The van der Waals surface area contributed by atoms with Crippen molar-refractivity contribution in [3.63, 3.8) is 0 Å². The van der Waals surface area contributed by atoms with Crippen molar-refractivity contribution in [3.8, 4) is 0 Å². The van der Waals surface area contributed by atoms with Crippen LogP contribution in [0.4, 0.5) is 0 Å². The lowest BCUT2D eigenvalue weighted by Crippen LogP contribution is -2.52. The Kier molecular flexibility index (Phi) is 3.02. The molecule has 0 aromatic heterocycles. The summed E-state index contributed by atoms with van der Waals surface area (Å²) in [6.45, 7) is 2.53. The molecule has 2 saturated heterocycles. The summed E-state index contributed by atoms with van der Waals surface area (Å²) < 4.78 is 5.00. The number of cyclic esters (lactones) is 1. The van der Waals surface area contributed by atoms with Crippen LogP contribution in [-0.4, -0.2) is 35.7 Å². The molecule has 2 unspecified atom stereocenters. The quantitative estimate of drug-likeness (QED) is 0.702. The van der Waals surface area contributed by atoms with Crippen molar-refractivity contribution in [1.29, 1.82) is 0 Å². The molecule has 80 valence electrons. The van der Waals surface area contributed by atoms with E-state index >= 15 is 0 Å². The van der Waals surface area contributed by atoms with Crippen LogP contribution >= 0.6 is 11.8 Å². The first-order chi connectivity index (χ1) is 6.71. The van der Waals surface area contributed by atoms with Gasteiger partial charge in [-0.25, -0.2) is 0 Å². The van der Waals surface area contributed by atoms with Crippen molar-refractivity contribution in [2.75, 3.05) is 18.1 Å². The Morgan fingerprint density at radius 1 is 1.64 bits per heavy atom. The maximum atomic E-state index is 11.5. The zero-order valence-corrected chi connectivity index (χ0v) is 9.36. The van der Waals surface area contributed by atoms with Crippen molar-refractivity contribution in [1.82, 2.24) is 5.32 Å². The molecule has 2 rings (SSSR count). The van der Waals surface area contributed by atoms with E-state index < -0.39 is 5.54 Å². The third-order valence-corrected chi connectivity index (χ3v) is 4.18. The lowest BCUT2D eigenvalue weighted by Gasteiger charge is -2.30. The molecule has 0 spiro atoms. The minimum Gasteiger partial charge on any atom is -0.464 e. The molecule has 0 radical (unpaired) electrons. The summed E-state index contributed by atoms with van der Waals surface area (Å²) in [5, 5.41) is 3.45. The molecule has 3 nitrogen and oxygen atoms in total. The molecule has 2 fully saturated rings. The SMILES string of the molecule is CC1(NC2CCCSC2)CCOC1=O. The van der Waals surface area contributed by atoms with Gasteiger partial charge in [-0.3, -0.25) is 10.1 Å². The van der Waals surface area contributed by atoms with E-state index in [1.807, 2.05) is 18.7 Å². The van der Waals surface area contributed by atoms with Crippen LogP contribution in [0.15, 0.2) is 0 Å². The minimum absolute atomic E-state index is 0.0759. The van der Waals surface area contributed by atoms with Gasteiger partial charge in [-0.1, -0.05) is 0 Å². The van der Waals surface area contributed by atoms with Crippen LogP contribution in [0.1, 0.15) is 26.2 Å². The maximum absolute atomic E-state index is 11.5. The molecule has 2 aliphatic rings. The van der Waals surface area contributed by atoms with Gasteiger partial charge in [0.05, 0.1) is 6.61 Å². The number of rotatable bonds is 2. The first kappa shape index (κ1) is 10.3. The number of nitrogens with one attached hydrogen (secondary N) is 1. The predicted octanol–water partition coefficient (Wildman–Crippen LogP) is 1.18. The van der Waals surface area contributed by atoms with Crippen LogP contribution in [0, 0.1) is 0 Å². The Hall–Kier alpha value is -0.220. The van der Waals surface area contributed by atoms with Crippen LogP contribution < -0.4 is 5.32 Å². The Labute approximate surface area is 89.0 Å². The van der Waals surface area contributed by atoms with Crippen LogP contribution in [0.25, 0.3) is 0 Å². The lowest BCUT2D eigenvalue weighted by atomic mass is 9.98. The molecular formula is C10H17NO2S. The fourth-order valence-corrected chi connectivity index (χ4v) is 3.12. The number of carbonyl (C=O) groups is 1. The van der Waals surface area contributed by atoms with Gasteiger partial charge in [0.15, 0.2) is 0 Å². The summed E-state index contributed by atoms with van der Waals surface area (Å²) in [7, 11) is 0. The topological polar surface area (TPSA) is 38.3 Å². The molecule has 0 amide bonds.